The average molecular weight is 342 g/mol. The molecule has 6 heteroatoms. The summed E-state index contributed by atoms with van der Waals surface area (Å²) in [5.41, 5.74) is 5.28. The highest BCUT2D eigenvalue weighted by Gasteiger charge is 2.25. The first-order valence-electron chi connectivity index (χ1n) is 8.39. The molecule has 0 atom stereocenters. The number of aryl methyl sites for hydroxylation is 2. The summed E-state index contributed by atoms with van der Waals surface area (Å²) in [6.07, 6.45) is 1.43. The Labute approximate surface area is 145 Å². The normalized spacial score (nSPS) is 16.2. The van der Waals surface area contributed by atoms with Gasteiger partial charge in [0.2, 0.25) is 0 Å². The minimum atomic E-state index is -0.180. The van der Waals surface area contributed by atoms with Gasteiger partial charge in [-0.2, -0.15) is 9.61 Å². The summed E-state index contributed by atoms with van der Waals surface area (Å²) in [5, 5.41) is 16.7. The van der Waals surface area contributed by atoms with Gasteiger partial charge in [0.25, 0.3) is 0 Å². The molecule has 0 radical (unpaired) electrons. The van der Waals surface area contributed by atoms with Crippen LogP contribution in [0.3, 0.4) is 0 Å². The lowest BCUT2D eigenvalue weighted by Gasteiger charge is -2.32. The Kier molecular flexibility index (Phi) is 3.81. The van der Waals surface area contributed by atoms with E-state index in [1.165, 1.54) is 10.4 Å². The first-order chi connectivity index (χ1) is 11.6. The fourth-order valence-corrected chi connectivity index (χ4v) is 4.31. The van der Waals surface area contributed by atoms with Gasteiger partial charge in [0, 0.05) is 29.2 Å². The Balaban J connectivity index is 1.93. The smallest absolute Gasteiger partial charge is 0.166 e. The number of hydrogen-bond donors (Lipinski definition) is 1. The molecule has 3 aromatic rings. The van der Waals surface area contributed by atoms with Crippen LogP contribution < -0.4 is 4.90 Å². The van der Waals surface area contributed by atoms with Crippen LogP contribution in [0.4, 0.5) is 5.82 Å². The molecule has 0 aromatic carbocycles. The van der Waals surface area contributed by atoms with Crippen molar-refractivity contribution in [3.8, 4) is 10.4 Å². The van der Waals surface area contributed by atoms with E-state index in [2.05, 4.69) is 43.2 Å². The number of rotatable bonds is 2. The molecule has 126 valence electrons. The van der Waals surface area contributed by atoms with Crippen molar-refractivity contribution in [2.24, 2.45) is 0 Å². The third-order valence-electron chi connectivity index (χ3n) is 4.92. The molecule has 24 heavy (non-hydrogen) atoms. The third kappa shape index (κ3) is 2.41. The van der Waals surface area contributed by atoms with Gasteiger partial charge >= 0.3 is 0 Å². The van der Waals surface area contributed by atoms with E-state index in [1.807, 2.05) is 4.52 Å². The standard InChI is InChI=1S/C18H22N4OS/c1-11-12(2)19-17-16(15-5-4-10-24-15)13(3)20-22(17)18(11)21-8-6-14(23)7-9-21/h4-5,10,14,23H,6-9H2,1-3H3. The van der Waals surface area contributed by atoms with Gasteiger partial charge in [-0.25, -0.2) is 4.98 Å². The maximum atomic E-state index is 9.82. The van der Waals surface area contributed by atoms with Crippen LogP contribution in [0.25, 0.3) is 16.1 Å². The number of piperidine rings is 1. The SMILES string of the molecule is Cc1nc2c(-c3cccs3)c(C)nn2c(N2CCC(O)CC2)c1C. The summed E-state index contributed by atoms with van der Waals surface area (Å²) in [6.45, 7) is 7.95. The Hall–Kier alpha value is -1.92. The predicted octanol–water partition coefficient (Wildman–Crippen LogP) is 3.34. The number of hydrogen-bond acceptors (Lipinski definition) is 5. The lowest BCUT2D eigenvalue weighted by Crippen LogP contribution is -2.37. The molecule has 4 rings (SSSR count). The molecule has 5 nitrogen and oxygen atoms in total. The van der Waals surface area contributed by atoms with Crippen molar-refractivity contribution in [3.63, 3.8) is 0 Å². The van der Waals surface area contributed by atoms with Crippen LogP contribution in [0.5, 0.6) is 0 Å². The van der Waals surface area contributed by atoms with E-state index in [0.717, 1.165) is 54.3 Å². The number of anilines is 1. The fraction of sp³-hybridized carbons (Fsp3) is 0.444. The van der Waals surface area contributed by atoms with Crippen LogP contribution in [0, 0.1) is 20.8 Å². The van der Waals surface area contributed by atoms with E-state index < -0.39 is 0 Å². The number of aromatic nitrogens is 3. The predicted molar refractivity (Wildman–Crippen MR) is 98.0 cm³/mol. The van der Waals surface area contributed by atoms with Crippen molar-refractivity contribution in [1.29, 1.82) is 0 Å². The fourth-order valence-electron chi connectivity index (χ4n) is 3.49. The van der Waals surface area contributed by atoms with Gasteiger partial charge in [-0.3, -0.25) is 0 Å². The molecule has 3 aromatic heterocycles. The number of aliphatic hydroxyl groups is 1. The second-order valence-corrected chi connectivity index (χ2v) is 7.48. The summed E-state index contributed by atoms with van der Waals surface area (Å²) in [5.74, 6) is 1.12. The van der Waals surface area contributed by atoms with Gasteiger partial charge in [0.15, 0.2) is 5.65 Å². The van der Waals surface area contributed by atoms with Crippen molar-refractivity contribution in [1.82, 2.24) is 14.6 Å². The maximum absolute atomic E-state index is 9.82. The largest absolute Gasteiger partial charge is 0.393 e. The van der Waals surface area contributed by atoms with Crippen LogP contribution >= 0.6 is 11.3 Å². The van der Waals surface area contributed by atoms with Crippen molar-refractivity contribution in [2.75, 3.05) is 18.0 Å². The van der Waals surface area contributed by atoms with Gasteiger partial charge < -0.3 is 10.0 Å². The zero-order chi connectivity index (χ0) is 16.8. The number of nitrogens with zero attached hydrogens (tertiary/aromatic N) is 4. The molecule has 0 spiro atoms. The molecule has 1 saturated heterocycles. The van der Waals surface area contributed by atoms with Crippen LogP contribution in [0.15, 0.2) is 17.5 Å². The lowest BCUT2D eigenvalue weighted by atomic mass is 10.1. The Bertz CT molecular complexity index is 876. The molecule has 1 fully saturated rings. The second kappa shape index (κ2) is 5.86. The molecule has 1 aliphatic heterocycles. The third-order valence-corrected chi connectivity index (χ3v) is 5.81. The molecule has 0 saturated carbocycles. The van der Waals surface area contributed by atoms with Gasteiger partial charge in [-0.15, -0.1) is 11.3 Å². The van der Waals surface area contributed by atoms with Crippen LogP contribution in [0.2, 0.25) is 0 Å². The van der Waals surface area contributed by atoms with E-state index in [-0.39, 0.29) is 6.10 Å². The van der Waals surface area contributed by atoms with Crippen LogP contribution in [-0.2, 0) is 0 Å². The monoisotopic (exact) mass is 342 g/mol. The second-order valence-electron chi connectivity index (χ2n) is 6.54. The lowest BCUT2D eigenvalue weighted by molar-refractivity contribution is 0.145. The summed E-state index contributed by atoms with van der Waals surface area (Å²) in [4.78, 5) is 8.40. The molecular formula is C18H22N4OS. The Morgan fingerprint density at radius 1 is 1.17 bits per heavy atom. The highest BCUT2D eigenvalue weighted by Crippen LogP contribution is 2.35. The van der Waals surface area contributed by atoms with Gasteiger partial charge in [-0.1, -0.05) is 6.07 Å². The molecule has 0 unspecified atom stereocenters. The van der Waals surface area contributed by atoms with Crippen LogP contribution in [0.1, 0.15) is 29.8 Å². The molecule has 0 amide bonds. The van der Waals surface area contributed by atoms with Gasteiger partial charge in [0.05, 0.1) is 17.4 Å². The Morgan fingerprint density at radius 3 is 2.58 bits per heavy atom. The van der Waals surface area contributed by atoms with Crippen molar-refractivity contribution >= 4 is 22.8 Å². The molecular weight excluding hydrogens is 320 g/mol. The summed E-state index contributed by atoms with van der Waals surface area (Å²) >= 11 is 1.72. The quantitative estimate of drug-likeness (QED) is 0.776. The first-order valence-corrected chi connectivity index (χ1v) is 9.27. The Morgan fingerprint density at radius 2 is 1.92 bits per heavy atom. The minimum Gasteiger partial charge on any atom is -0.393 e. The van der Waals surface area contributed by atoms with Crippen LogP contribution in [-0.4, -0.2) is 38.9 Å². The van der Waals surface area contributed by atoms with Crippen molar-refractivity contribution in [2.45, 2.75) is 39.7 Å². The highest BCUT2D eigenvalue weighted by molar-refractivity contribution is 7.13. The van der Waals surface area contributed by atoms with Gasteiger partial charge in [0.1, 0.15) is 5.82 Å². The number of aliphatic hydroxyl groups excluding tert-OH is 1. The number of fused-ring (bicyclic) bond motifs is 1. The highest BCUT2D eigenvalue weighted by atomic mass is 32.1. The number of thiophene rings is 1. The maximum Gasteiger partial charge on any atom is 0.166 e. The van der Waals surface area contributed by atoms with E-state index >= 15 is 0 Å². The molecule has 0 bridgehead atoms. The first kappa shape index (κ1) is 15.6. The molecule has 0 aliphatic carbocycles. The average Bonchev–Trinajstić information content (AvgIpc) is 3.17. The summed E-state index contributed by atoms with van der Waals surface area (Å²) < 4.78 is 2.00. The van der Waals surface area contributed by atoms with E-state index in [1.54, 1.807) is 11.3 Å². The zero-order valence-electron chi connectivity index (χ0n) is 14.3. The van der Waals surface area contributed by atoms with E-state index in [0.29, 0.717) is 0 Å². The molecule has 4 heterocycles. The van der Waals surface area contributed by atoms with Gasteiger partial charge in [-0.05, 0) is 45.1 Å². The van der Waals surface area contributed by atoms with E-state index in [4.69, 9.17) is 10.1 Å². The molecule has 1 aliphatic rings. The van der Waals surface area contributed by atoms with Crippen molar-refractivity contribution in [3.05, 3.63) is 34.5 Å². The summed E-state index contributed by atoms with van der Waals surface area (Å²) in [7, 11) is 0. The van der Waals surface area contributed by atoms with Crippen molar-refractivity contribution < 1.29 is 5.11 Å². The topological polar surface area (TPSA) is 53.7 Å². The van der Waals surface area contributed by atoms with E-state index in [9.17, 15) is 5.11 Å². The summed E-state index contributed by atoms with van der Waals surface area (Å²) in [6, 6.07) is 4.19. The molecule has 1 N–H and O–H groups in total. The zero-order valence-corrected chi connectivity index (χ0v) is 15.1. The minimum absolute atomic E-state index is 0.180.